The van der Waals surface area contributed by atoms with E-state index in [9.17, 15) is 14.7 Å². The molecule has 0 spiro atoms. The van der Waals surface area contributed by atoms with Crippen molar-refractivity contribution in [1.82, 2.24) is 15.3 Å². The van der Waals surface area contributed by atoms with Crippen LogP contribution in [0.15, 0.2) is 11.1 Å². The van der Waals surface area contributed by atoms with Gasteiger partial charge in [-0.2, -0.15) is 0 Å². The summed E-state index contributed by atoms with van der Waals surface area (Å²) in [5.74, 6) is -0.304. The number of hydrogen-bond acceptors (Lipinski definition) is 5. The highest BCUT2D eigenvalue weighted by molar-refractivity contribution is 7.20. The molecule has 0 aromatic carbocycles. The maximum Gasteiger partial charge on any atom is 0.261 e. The standard InChI is InChI=1S/C12H15N3O3S/c1-6-7-9(16)14-5-15-11(7)19-8(6)10(17)13-4-12(2,3)18/h5,18H,4H2,1-3H3,(H,13,17)(H,14,15,16). The Kier molecular flexibility index (Phi) is 3.42. The van der Waals surface area contributed by atoms with Crippen LogP contribution in [-0.2, 0) is 0 Å². The molecule has 102 valence electrons. The number of aliphatic hydroxyl groups is 1. The molecule has 2 rings (SSSR count). The summed E-state index contributed by atoms with van der Waals surface area (Å²) < 4.78 is 0. The Hall–Kier alpha value is -1.73. The Morgan fingerprint density at radius 3 is 2.84 bits per heavy atom. The molecule has 2 aromatic heterocycles. The largest absolute Gasteiger partial charge is 0.389 e. The monoisotopic (exact) mass is 281 g/mol. The summed E-state index contributed by atoms with van der Waals surface area (Å²) in [6.07, 6.45) is 1.32. The second kappa shape index (κ2) is 4.75. The van der Waals surface area contributed by atoms with E-state index >= 15 is 0 Å². The second-order valence-corrected chi connectivity index (χ2v) is 5.96. The number of amides is 1. The third kappa shape index (κ3) is 2.82. The Labute approximate surface area is 113 Å². The normalized spacial score (nSPS) is 11.8. The van der Waals surface area contributed by atoms with Gasteiger partial charge in [-0.05, 0) is 26.3 Å². The lowest BCUT2D eigenvalue weighted by Crippen LogP contribution is -2.38. The third-order valence-electron chi connectivity index (χ3n) is 2.62. The summed E-state index contributed by atoms with van der Waals surface area (Å²) in [6.45, 7) is 5.08. The zero-order valence-corrected chi connectivity index (χ0v) is 11.7. The smallest absolute Gasteiger partial charge is 0.261 e. The molecule has 0 aliphatic carbocycles. The van der Waals surface area contributed by atoms with Gasteiger partial charge < -0.3 is 15.4 Å². The van der Waals surface area contributed by atoms with Gasteiger partial charge in [-0.3, -0.25) is 9.59 Å². The molecule has 2 aromatic rings. The SMILES string of the molecule is Cc1c(C(=O)NCC(C)(C)O)sc2nc[nH]c(=O)c12. The average molecular weight is 281 g/mol. The molecule has 6 nitrogen and oxygen atoms in total. The lowest BCUT2D eigenvalue weighted by molar-refractivity contribution is 0.0696. The van der Waals surface area contributed by atoms with Gasteiger partial charge in [0.25, 0.3) is 11.5 Å². The molecule has 7 heteroatoms. The summed E-state index contributed by atoms with van der Waals surface area (Å²) in [5.41, 5.74) is -0.612. The van der Waals surface area contributed by atoms with Crippen molar-refractivity contribution in [3.8, 4) is 0 Å². The number of rotatable bonds is 3. The van der Waals surface area contributed by atoms with Gasteiger partial charge in [0, 0.05) is 6.54 Å². The van der Waals surface area contributed by atoms with Crippen molar-refractivity contribution >= 4 is 27.5 Å². The van der Waals surface area contributed by atoms with E-state index in [1.54, 1.807) is 20.8 Å². The van der Waals surface area contributed by atoms with E-state index in [0.29, 0.717) is 20.7 Å². The van der Waals surface area contributed by atoms with E-state index in [1.165, 1.54) is 17.7 Å². The molecule has 0 aliphatic heterocycles. The first-order chi connectivity index (χ1) is 8.79. The van der Waals surface area contributed by atoms with E-state index in [2.05, 4.69) is 15.3 Å². The van der Waals surface area contributed by atoms with Crippen molar-refractivity contribution in [2.24, 2.45) is 0 Å². The van der Waals surface area contributed by atoms with Crippen molar-refractivity contribution in [2.45, 2.75) is 26.4 Å². The van der Waals surface area contributed by atoms with Gasteiger partial charge >= 0.3 is 0 Å². The van der Waals surface area contributed by atoms with Gasteiger partial charge in [0.05, 0.1) is 22.2 Å². The van der Waals surface area contributed by atoms with Crippen molar-refractivity contribution in [1.29, 1.82) is 0 Å². The quantitative estimate of drug-likeness (QED) is 0.775. The van der Waals surface area contributed by atoms with E-state index in [4.69, 9.17) is 0 Å². The van der Waals surface area contributed by atoms with Crippen LogP contribution in [0.1, 0.15) is 29.1 Å². The van der Waals surface area contributed by atoms with Gasteiger partial charge in [0.15, 0.2) is 0 Å². The Morgan fingerprint density at radius 2 is 2.26 bits per heavy atom. The molecule has 0 fully saturated rings. The van der Waals surface area contributed by atoms with Crippen LogP contribution in [0.2, 0.25) is 0 Å². The first-order valence-electron chi connectivity index (χ1n) is 5.77. The molecular weight excluding hydrogens is 266 g/mol. The molecule has 0 bridgehead atoms. The summed E-state index contributed by atoms with van der Waals surface area (Å²) in [4.78, 5) is 31.3. The topological polar surface area (TPSA) is 95.1 Å². The molecule has 1 amide bonds. The third-order valence-corrected chi connectivity index (χ3v) is 3.82. The number of aromatic amines is 1. The number of nitrogens with one attached hydrogen (secondary N) is 2. The molecule has 0 aliphatic rings. The molecule has 0 atom stereocenters. The zero-order chi connectivity index (χ0) is 14.2. The fraction of sp³-hybridized carbons (Fsp3) is 0.417. The van der Waals surface area contributed by atoms with Crippen LogP contribution in [0.25, 0.3) is 10.2 Å². The van der Waals surface area contributed by atoms with Gasteiger partial charge in [0.1, 0.15) is 4.83 Å². The van der Waals surface area contributed by atoms with Crippen LogP contribution in [0.5, 0.6) is 0 Å². The number of aryl methyl sites for hydroxylation is 1. The lowest BCUT2D eigenvalue weighted by atomic mass is 10.1. The van der Waals surface area contributed by atoms with Crippen LogP contribution < -0.4 is 10.9 Å². The molecule has 0 saturated heterocycles. The second-order valence-electron chi connectivity index (χ2n) is 4.96. The van der Waals surface area contributed by atoms with Crippen LogP contribution >= 0.6 is 11.3 Å². The highest BCUT2D eigenvalue weighted by Crippen LogP contribution is 2.26. The lowest BCUT2D eigenvalue weighted by Gasteiger charge is -2.17. The number of nitrogens with zero attached hydrogens (tertiary/aromatic N) is 1. The summed E-state index contributed by atoms with van der Waals surface area (Å²) >= 11 is 1.17. The summed E-state index contributed by atoms with van der Waals surface area (Å²) in [7, 11) is 0. The van der Waals surface area contributed by atoms with Crippen LogP contribution in [0.4, 0.5) is 0 Å². The van der Waals surface area contributed by atoms with Crippen molar-refractivity contribution in [3.63, 3.8) is 0 Å². The number of thiophene rings is 1. The van der Waals surface area contributed by atoms with Gasteiger partial charge in [0.2, 0.25) is 0 Å². The van der Waals surface area contributed by atoms with Crippen LogP contribution in [0.3, 0.4) is 0 Å². The maximum atomic E-state index is 12.0. The first kappa shape index (κ1) is 13.7. The minimum Gasteiger partial charge on any atom is -0.389 e. The van der Waals surface area contributed by atoms with Crippen LogP contribution in [0, 0.1) is 6.92 Å². The predicted octanol–water partition coefficient (Wildman–Crippen LogP) is 0.794. The number of carbonyl (C=O) groups is 1. The van der Waals surface area contributed by atoms with Crippen molar-refractivity contribution in [2.75, 3.05) is 6.54 Å². The summed E-state index contributed by atoms with van der Waals surface area (Å²) in [6, 6.07) is 0. The molecule has 2 heterocycles. The number of hydrogen-bond donors (Lipinski definition) is 3. The average Bonchev–Trinajstić information content (AvgIpc) is 2.64. The van der Waals surface area contributed by atoms with Crippen LogP contribution in [-0.4, -0.2) is 33.1 Å². The van der Waals surface area contributed by atoms with E-state index < -0.39 is 5.60 Å². The molecule has 3 N–H and O–H groups in total. The fourth-order valence-electron chi connectivity index (χ4n) is 1.67. The highest BCUT2D eigenvalue weighted by Gasteiger charge is 2.20. The minimum absolute atomic E-state index is 0.142. The predicted molar refractivity (Wildman–Crippen MR) is 73.6 cm³/mol. The highest BCUT2D eigenvalue weighted by atomic mass is 32.1. The maximum absolute atomic E-state index is 12.0. The summed E-state index contributed by atoms with van der Waals surface area (Å²) in [5, 5.41) is 12.7. The van der Waals surface area contributed by atoms with Gasteiger partial charge in [-0.1, -0.05) is 0 Å². The number of aromatic nitrogens is 2. The molecule has 0 saturated carbocycles. The van der Waals surface area contributed by atoms with E-state index in [0.717, 1.165) is 0 Å². The Balaban J connectivity index is 2.36. The van der Waals surface area contributed by atoms with Crippen molar-refractivity contribution < 1.29 is 9.90 Å². The van der Waals surface area contributed by atoms with Gasteiger partial charge in [-0.15, -0.1) is 11.3 Å². The Morgan fingerprint density at radius 1 is 1.58 bits per heavy atom. The fourth-order valence-corrected chi connectivity index (χ4v) is 2.74. The molecule has 0 unspecified atom stereocenters. The molecular formula is C12H15N3O3S. The van der Waals surface area contributed by atoms with Crippen molar-refractivity contribution in [3.05, 3.63) is 27.1 Å². The zero-order valence-electron chi connectivity index (χ0n) is 10.9. The molecule has 0 radical (unpaired) electrons. The number of carbonyl (C=O) groups excluding carboxylic acids is 1. The first-order valence-corrected chi connectivity index (χ1v) is 6.58. The van der Waals surface area contributed by atoms with E-state index in [-0.39, 0.29) is 18.0 Å². The number of H-pyrrole nitrogens is 1. The van der Waals surface area contributed by atoms with Gasteiger partial charge in [-0.25, -0.2) is 4.98 Å². The Bertz CT molecular complexity index is 682. The minimum atomic E-state index is -0.976. The number of fused-ring (bicyclic) bond motifs is 1. The molecule has 19 heavy (non-hydrogen) atoms. The van der Waals surface area contributed by atoms with E-state index in [1.807, 2.05) is 0 Å².